The predicted octanol–water partition coefficient (Wildman–Crippen LogP) is 5.58. The van der Waals surface area contributed by atoms with Crippen LogP contribution in [0.1, 0.15) is 97.9 Å². The van der Waals surface area contributed by atoms with Gasteiger partial charge in [-0.05, 0) is 82.9 Å². The minimum atomic E-state index is -0.582. The topological polar surface area (TPSA) is 69.7 Å². The number of hydrogen-bond donors (Lipinski definition) is 1. The third-order valence-electron chi connectivity index (χ3n) is 7.99. The molecule has 1 aliphatic carbocycles. The van der Waals surface area contributed by atoms with Crippen molar-refractivity contribution in [2.24, 2.45) is 5.41 Å². The quantitative estimate of drug-likeness (QED) is 0.646. The van der Waals surface area contributed by atoms with Gasteiger partial charge < -0.3 is 19.5 Å². The molecule has 180 valence electrons. The monoisotopic (exact) mass is 454 g/mol. The van der Waals surface area contributed by atoms with Gasteiger partial charge in [0.25, 0.3) is 0 Å². The lowest BCUT2D eigenvalue weighted by molar-refractivity contribution is -0.242. The Labute approximate surface area is 197 Å². The summed E-state index contributed by atoms with van der Waals surface area (Å²) in [5, 5.41) is 3.00. The highest BCUT2D eigenvalue weighted by Gasteiger charge is 2.68. The lowest BCUT2D eigenvalue weighted by Crippen LogP contribution is -2.46. The molecule has 0 radical (unpaired) electrons. The van der Waals surface area contributed by atoms with Gasteiger partial charge in [-0.15, -0.1) is 0 Å². The van der Waals surface area contributed by atoms with E-state index in [0.29, 0.717) is 5.41 Å². The standard InChI is InChI=1S/C27H38N2O4/c1-16(30)28-20-9-8-19(29-21(20)17-10-12-24(2,3)13-11-17)18-14-26(6)22-23(27(7,15-18)33-26)32-25(4,5)31-22/h8-10,18,22-23H,11-15H2,1-7H3,(H,28,30)/t18-,22-,23+,26+,27-. The van der Waals surface area contributed by atoms with Gasteiger partial charge >= 0.3 is 0 Å². The summed E-state index contributed by atoms with van der Waals surface area (Å²) in [5.41, 5.74) is 3.49. The molecule has 5 rings (SSSR count). The zero-order valence-electron chi connectivity index (χ0n) is 21.1. The second kappa shape index (κ2) is 7.37. The van der Waals surface area contributed by atoms with Crippen molar-refractivity contribution in [1.29, 1.82) is 0 Å². The van der Waals surface area contributed by atoms with E-state index in [1.165, 1.54) is 5.57 Å². The number of anilines is 1. The minimum absolute atomic E-state index is 0.0728. The number of fused-ring (bicyclic) bond motifs is 5. The van der Waals surface area contributed by atoms with E-state index in [1.807, 2.05) is 19.9 Å². The maximum absolute atomic E-state index is 11.9. The average Bonchev–Trinajstić information content (AvgIpc) is 3.10. The summed E-state index contributed by atoms with van der Waals surface area (Å²) in [6.07, 6.45) is 6.93. The third kappa shape index (κ3) is 4.04. The van der Waals surface area contributed by atoms with E-state index >= 15 is 0 Å². The molecular weight excluding hydrogens is 416 g/mol. The van der Waals surface area contributed by atoms with Crippen LogP contribution in [0.2, 0.25) is 0 Å². The molecule has 5 atom stereocenters. The van der Waals surface area contributed by atoms with Crippen molar-refractivity contribution in [2.75, 3.05) is 5.32 Å². The van der Waals surface area contributed by atoms with Crippen molar-refractivity contribution in [3.8, 4) is 0 Å². The third-order valence-corrected chi connectivity index (χ3v) is 7.99. The van der Waals surface area contributed by atoms with E-state index in [2.05, 4.69) is 45.2 Å². The first-order valence-corrected chi connectivity index (χ1v) is 12.3. The molecule has 0 spiro atoms. The maximum atomic E-state index is 11.9. The van der Waals surface area contributed by atoms with Crippen LogP contribution in [0.25, 0.3) is 5.57 Å². The van der Waals surface area contributed by atoms with Gasteiger partial charge in [0.15, 0.2) is 5.79 Å². The Morgan fingerprint density at radius 2 is 1.67 bits per heavy atom. The number of pyridine rings is 1. The van der Waals surface area contributed by atoms with Gasteiger partial charge in [-0.1, -0.05) is 19.9 Å². The summed E-state index contributed by atoms with van der Waals surface area (Å²) < 4.78 is 19.2. The highest BCUT2D eigenvalue weighted by atomic mass is 16.8. The van der Waals surface area contributed by atoms with Crippen LogP contribution >= 0.6 is 0 Å². The van der Waals surface area contributed by atoms with Crippen LogP contribution in [0.4, 0.5) is 5.69 Å². The Hall–Kier alpha value is -1.76. The molecule has 3 saturated heterocycles. The van der Waals surface area contributed by atoms with Crippen LogP contribution < -0.4 is 5.32 Å². The number of allylic oxidation sites excluding steroid dienone is 2. The molecule has 6 heteroatoms. The van der Waals surface area contributed by atoms with E-state index in [-0.39, 0.29) is 24.0 Å². The average molecular weight is 455 g/mol. The smallest absolute Gasteiger partial charge is 0.221 e. The molecule has 1 amide bonds. The Morgan fingerprint density at radius 3 is 2.21 bits per heavy atom. The van der Waals surface area contributed by atoms with E-state index in [1.54, 1.807) is 6.92 Å². The Balaban J connectivity index is 1.48. The first kappa shape index (κ1) is 23.0. The molecule has 2 bridgehead atoms. The molecule has 3 fully saturated rings. The van der Waals surface area contributed by atoms with Gasteiger partial charge in [0.2, 0.25) is 5.91 Å². The van der Waals surface area contributed by atoms with Crippen LogP contribution in [0.15, 0.2) is 18.2 Å². The number of ether oxygens (including phenoxy) is 3. The summed E-state index contributed by atoms with van der Waals surface area (Å²) in [7, 11) is 0. The van der Waals surface area contributed by atoms with Gasteiger partial charge in [0, 0.05) is 18.5 Å². The lowest BCUT2D eigenvalue weighted by Gasteiger charge is -2.43. The summed E-state index contributed by atoms with van der Waals surface area (Å²) >= 11 is 0. The van der Waals surface area contributed by atoms with E-state index in [0.717, 1.165) is 49.2 Å². The second-order valence-corrected chi connectivity index (χ2v) is 12.2. The largest absolute Gasteiger partial charge is 0.363 e. The van der Waals surface area contributed by atoms with Crippen molar-refractivity contribution in [2.45, 2.75) is 116 Å². The molecule has 3 aliphatic heterocycles. The van der Waals surface area contributed by atoms with Crippen LogP contribution in [0.3, 0.4) is 0 Å². The molecule has 1 aromatic heterocycles. The van der Waals surface area contributed by atoms with Crippen molar-refractivity contribution in [3.05, 3.63) is 29.6 Å². The van der Waals surface area contributed by atoms with E-state index < -0.39 is 17.0 Å². The highest BCUT2D eigenvalue weighted by Crippen LogP contribution is 2.58. The number of aromatic nitrogens is 1. The Bertz CT molecular complexity index is 987. The van der Waals surface area contributed by atoms with Crippen LogP contribution in [-0.4, -0.2) is 40.1 Å². The fourth-order valence-corrected chi connectivity index (χ4v) is 6.41. The molecule has 4 aliphatic rings. The molecule has 33 heavy (non-hydrogen) atoms. The first-order chi connectivity index (χ1) is 15.3. The first-order valence-electron chi connectivity index (χ1n) is 12.3. The lowest BCUT2D eigenvalue weighted by atomic mass is 9.77. The Kier molecular flexibility index (Phi) is 5.14. The van der Waals surface area contributed by atoms with Crippen LogP contribution in [0, 0.1) is 5.41 Å². The van der Waals surface area contributed by atoms with Crippen molar-refractivity contribution >= 4 is 17.2 Å². The Morgan fingerprint density at radius 1 is 1.03 bits per heavy atom. The summed E-state index contributed by atoms with van der Waals surface area (Å²) in [5.74, 6) is -0.418. The van der Waals surface area contributed by atoms with Gasteiger partial charge in [0.1, 0.15) is 12.2 Å². The van der Waals surface area contributed by atoms with Gasteiger partial charge in [-0.25, -0.2) is 0 Å². The van der Waals surface area contributed by atoms with E-state index in [4.69, 9.17) is 19.2 Å². The highest BCUT2D eigenvalue weighted by molar-refractivity contribution is 5.92. The zero-order valence-corrected chi connectivity index (χ0v) is 21.1. The maximum Gasteiger partial charge on any atom is 0.221 e. The fourth-order valence-electron chi connectivity index (χ4n) is 6.41. The molecule has 4 heterocycles. The number of carbonyl (C=O) groups is 1. The number of nitrogens with zero attached hydrogens (tertiary/aromatic N) is 1. The molecular formula is C27H38N2O4. The number of hydrogen-bond acceptors (Lipinski definition) is 5. The molecule has 1 N–H and O–H groups in total. The zero-order chi connectivity index (χ0) is 23.8. The van der Waals surface area contributed by atoms with Crippen LogP contribution in [0.5, 0.6) is 0 Å². The van der Waals surface area contributed by atoms with Crippen molar-refractivity contribution in [3.63, 3.8) is 0 Å². The van der Waals surface area contributed by atoms with Gasteiger partial charge in [-0.2, -0.15) is 0 Å². The molecule has 1 aromatic rings. The molecule has 0 saturated carbocycles. The second-order valence-electron chi connectivity index (χ2n) is 12.2. The fraction of sp³-hybridized carbons (Fsp3) is 0.704. The number of amides is 1. The SMILES string of the molecule is CC(=O)Nc1ccc([C@H]2C[C@@]3(C)O[C@@](C)(C2)[C@@H]2OC(C)(C)O[C@@H]23)nc1C1=CCC(C)(C)CC1. The van der Waals surface area contributed by atoms with Gasteiger partial charge in [-0.3, -0.25) is 9.78 Å². The van der Waals surface area contributed by atoms with Gasteiger partial charge in [0.05, 0.1) is 22.6 Å². The number of carbonyl (C=O) groups excluding carboxylic acids is 1. The number of rotatable bonds is 3. The predicted molar refractivity (Wildman–Crippen MR) is 128 cm³/mol. The minimum Gasteiger partial charge on any atom is -0.363 e. The van der Waals surface area contributed by atoms with Crippen molar-refractivity contribution < 1.29 is 19.0 Å². The number of nitrogens with one attached hydrogen (secondary N) is 1. The summed E-state index contributed by atoms with van der Waals surface area (Å²) in [4.78, 5) is 17.1. The summed E-state index contributed by atoms with van der Waals surface area (Å²) in [6, 6.07) is 4.10. The molecule has 0 aromatic carbocycles. The van der Waals surface area contributed by atoms with E-state index in [9.17, 15) is 4.79 Å². The summed E-state index contributed by atoms with van der Waals surface area (Å²) in [6.45, 7) is 14.4. The normalized spacial score (nSPS) is 38.5. The van der Waals surface area contributed by atoms with Crippen molar-refractivity contribution in [1.82, 2.24) is 4.98 Å². The molecule has 0 unspecified atom stereocenters. The van der Waals surface area contributed by atoms with Crippen LogP contribution in [-0.2, 0) is 19.0 Å². The molecule has 6 nitrogen and oxygen atoms in total.